The summed E-state index contributed by atoms with van der Waals surface area (Å²) in [5.74, 6) is 7.17. The van der Waals surface area contributed by atoms with Gasteiger partial charge >= 0.3 is 0 Å². The lowest BCUT2D eigenvalue weighted by Crippen LogP contribution is -2.39. The molecule has 1 aliphatic rings. The van der Waals surface area contributed by atoms with Crippen LogP contribution in [0.2, 0.25) is 0 Å². The van der Waals surface area contributed by atoms with Crippen LogP contribution in [0.1, 0.15) is 27.2 Å². The van der Waals surface area contributed by atoms with Crippen LogP contribution >= 0.6 is 23.5 Å². The molecular formula is C11H19NS2. The number of hydrogen-bond acceptors (Lipinski definition) is 3. The summed E-state index contributed by atoms with van der Waals surface area (Å²) in [6, 6.07) is 0.245. The smallest absolute Gasteiger partial charge is 0.0302 e. The number of thioether (sulfide) groups is 2. The van der Waals surface area contributed by atoms with Crippen molar-refractivity contribution in [1.29, 1.82) is 0 Å². The number of nitrogens with two attached hydrogens (primary N) is 1. The zero-order valence-electron chi connectivity index (χ0n) is 9.12. The van der Waals surface area contributed by atoms with Crippen LogP contribution in [-0.4, -0.2) is 27.5 Å². The van der Waals surface area contributed by atoms with Crippen molar-refractivity contribution in [2.24, 2.45) is 5.73 Å². The van der Waals surface area contributed by atoms with Gasteiger partial charge in [0.1, 0.15) is 0 Å². The highest BCUT2D eigenvalue weighted by atomic mass is 32.2. The molecule has 1 fully saturated rings. The van der Waals surface area contributed by atoms with Crippen LogP contribution in [0.3, 0.4) is 0 Å². The predicted molar refractivity (Wildman–Crippen MR) is 68.8 cm³/mol. The fraction of sp³-hybridized carbons (Fsp3) is 0.818. The first-order chi connectivity index (χ1) is 6.65. The van der Waals surface area contributed by atoms with Crippen LogP contribution in [0.5, 0.6) is 0 Å². The van der Waals surface area contributed by atoms with Crippen molar-refractivity contribution in [1.82, 2.24) is 0 Å². The molecule has 80 valence electrons. The van der Waals surface area contributed by atoms with Crippen LogP contribution in [0.25, 0.3) is 0 Å². The van der Waals surface area contributed by atoms with Crippen molar-refractivity contribution in [2.45, 2.75) is 49.0 Å². The van der Waals surface area contributed by atoms with E-state index in [1.165, 1.54) is 5.75 Å². The van der Waals surface area contributed by atoms with E-state index in [4.69, 9.17) is 5.73 Å². The third-order valence-corrected chi connectivity index (χ3v) is 6.14. The Morgan fingerprint density at radius 1 is 1.43 bits per heavy atom. The zero-order chi connectivity index (χ0) is 10.6. The van der Waals surface area contributed by atoms with Gasteiger partial charge in [0, 0.05) is 34.0 Å². The molecule has 1 rings (SSSR count). The van der Waals surface area contributed by atoms with Crippen molar-refractivity contribution < 1.29 is 0 Å². The van der Waals surface area contributed by atoms with E-state index in [1.807, 2.05) is 30.4 Å². The monoisotopic (exact) mass is 229 g/mol. The predicted octanol–water partition coefficient (Wildman–Crippen LogP) is 2.35. The normalized spacial score (nSPS) is 34.4. The molecule has 1 heterocycles. The molecule has 0 spiro atoms. The highest BCUT2D eigenvalue weighted by molar-refractivity contribution is 8.07. The Morgan fingerprint density at radius 2 is 2.14 bits per heavy atom. The molecule has 0 aliphatic carbocycles. The Bertz CT molecular complexity index is 231. The molecule has 1 saturated heterocycles. The van der Waals surface area contributed by atoms with Gasteiger partial charge in [-0.05, 0) is 6.92 Å². The second-order valence-electron chi connectivity index (χ2n) is 3.71. The number of rotatable bonds is 2. The maximum atomic E-state index is 6.11. The third kappa shape index (κ3) is 3.42. The summed E-state index contributed by atoms with van der Waals surface area (Å²) in [4.78, 5) is 0. The van der Waals surface area contributed by atoms with E-state index < -0.39 is 0 Å². The summed E-state index contributed by atoms with van der Waals surface area (Å²) in [6.07, 6.45) is 0.843. The minimum absolute atomic E-state index is 0.245. The third-order valence-electron chi connectivity index (χ3n) is 2.57. The van der Waals surface area contributed by atoms with Crippen molar-refractivity contribution >= 4 is 23.5 Å². The molecular weight excluding hydrogens is 210 g/mol. The van der Waals surface area contributed by atoms with Gasteiger partial charge < -0.3 is 5.73 Å². The molecule has 0 bridgehead atoms. The molecule has 4 unspecified atom stereocenters. The van der Waals surface area contributed by atoms with E-state index in [9.17, 15) is 0 Å². The van der Waals surface area contributed by atoms with Gasteiger partial charge in [-0.1, -0.05) is 13.8 Å². The van der Waals surface area contributed by atoms with E-state index in [-0.39, 0.29) is 6.04 Å². The summed E-state index contributed by atoms with van der Waals surface area (Å²) in [5.41, 5.74) is 6.11. The molecule has 4 atom stereocenters. The van der Waals surface area contributed by atoms with E-state index >= 15 is 0 Å². The van der Waals surface area contributed by atoms with Gasteiger partial charge in [0.25, 0.3) is 0 Å². The van der Waals surface area contributed by atoms with Crippen molar-refractivity contribution in [3.05, 3.63) is 0 Å². The van der Waals surface area contributed by atoms with Crippen molar-refractivity contribution in [2.75, 3.05) is 5.75 Å². The topological polar surface area (TPSA) is 26.0 Å². The summed E-state index contributed by atoms with van der Waals surface area (Å²) >= 11 is 4.09. The van der Waals surface area contributed by atoms with Gasteiger partial charge in [0.05, 0.1) is 0 Å². The quantitative estimate of drug-likeness (QED) is 0.736. The lowest BCUT2D eigenvalue weighted by atomic mass is 10.2. The van der Waals surface area contributed by atoms with Crippen LogP contribution < -0.4 is 5.73 Å². The highest BCUT2D eigenvalue weighted by Gasteiger charge is 2.28. The van der Waals surface area contributed by atoms with Crippen LogP contribution in [0, 0.1) is 11.8 Å². The van der Waals surface area contributed by atoms with Gasteiger partial charge in [0.2, 0.25) is 0 Å². The van der Waals surface area contributed by atoms with E-state index in [2.05, 4.69) is 25.7 Å². The Morgan fingerprint density at radius 3 is 2.71 bits per heavy atom. The highest BCUT2D eigenvalue weighted by Crippen LogP contribution is 2.36. The maximum absolute atomic E-state index is 6.11. The molecule has 1 nitrogen and oxygen atoms in total. The van der Waals surface area contributed by atoms with Crippen LogP contribution in [-0.2, 0) is 0 Å². The lowest BCUT2D eigenvalue weighted by Gasteiger charge is -2.33. The average molecular weight is 229 g/mol. The molecule has 0 radical (unpaired) electrons. The maximum Gasteiger partial charge on any atom is 0.0302 e. The van der Waals surface area contributed by atoms with Crippen molar-refractivity contribution in [3.8, 4) is 11.8 Å². The van der Waals surface area contributed by atoms with Crippen molar-refractivity contribution in [3.63, 3.8) is 0 Å². The molecule has 0 saturated carbocycles. The van der Waals surface area contributed by atoms with Gasteiger partial charge in [-0.25, -0.2) is 0 Å². The minimum atomic E-state index is 0.245. The molecule has 0 aromatic rings. The minimum Gasteiger partial charge on any atom is -0.326 e. The first-order valence-corrected chi connectivity index (χ1v) is 7.06. The van der Waals surface area contributed by atoms with Gasteiger partial charge in [0.15, 0.2) is 0 Å². The first kappa shape index (κ1) is 12.3. The second kappa shape index (κ2) is 5.95. The standard InChI is InChI=1S/C11H19NS2/c1-4-5-6-10(12)11-7-13-8(2)9(3)14-11/h8-11H,6-7,12H2,1-3H3. The molecule has 0 aromatic heterocycles. The summed E-state index contributed by atoms with van der Waals surface area (Å²) in [7, 11) is 0. The summed E-state index contributed by atoms with van der Waals surface area (Å²) in [6.45, 7) is 6.48. The fourth-order valence-electron chi connectivity index (χ4n) is 1.38. The molecule has 0 amide bonds. The number of hydrogen-bond donors (Lipinski definition) is 1. The summed E-state index contributed by atoms with van der Waals surface area (Å²) < 4.78 is 0. The first-order valence-electron chi connectivity index (χ1n) is 5.07. The largest absolute Gasteiger partial charge is 0.326 e. The SMILES string of the molecule is CC#CCC(N)C1CSC(C)C(C)S1. The fourth-order valence-corrected chi connectivity index (χ4v) is 4.44. The van der Waals surface area contributed by atoms with E-state index in [0.29, 0.717) is 5.25 Å². The zero-order valence-corrected chi connectivity index (χ0v) is 10.8. The Kier molecular flexibility index (Phi) is 5.22. The van der Waals surface area contributed by atoms with E-state index in [1.54, 1.807) is 0 Å². The molecule has 14 heavy (non-hydrogen) atoms. The Balaban J connectivity index is 2.40. The Hall–Kier alpha value is 0.220. The van der Waals surface area contributed by atoms with Gasteiger partial charge in [-0.2, -0.15) is 23.5 Å². The summed E-state index contributed by atoms with van der Waals surface area (Å²) in [5, 5.41) is 2.08. The van der Waals surface area contributed by atoms with Gasteiger partial charge in [-0.3, -0.25) is 0 Å². The molecule has 1 aliphatic heterocycles. The second-order valence-corrected chi connectivity index (χ2v) is 6.74. The van der Waals surface area contributed by atoms with Crippen LogP contribution in [0.4, 0.5) is 0 Å². The molecule has 3 heteroatoms. The molecule has 0 aromatic carbocycles. The lowest BCUT2D eigenvalue weighted by molar-refractivity contribution is 0.679. The molecule has 2 N–H and O–H groups in total. The average Bonchev–Trinajstić information content (AvgIpc) is 2.18. The van der Waals surface area contributed by atoms with Gasteiger partial charge in [-0.15, -0.1) is 11.8 Å². The van der Waals surface area contributed by atoms with E-state index in [0.717, 1.165) is 16.9 Å². The Labute approximate surface area is 96.0 Å². The van der Waals surface area contributed by atoms with Crippen LogP contribution in [0.15, 0.2) is 0 Å².